The molecule has 0 aliphatic heterocycles. The van der Waals surface area contributed by atoms with Crippen LogP contribution in [0.2, 0.25) is 0 Å². The summed E-state index contributed by atoms with van der Waals surface area (Å²) in [6.07, 6.45) is 0. The molecule has 0 atom stereocenters. The van der Waals surface area contributed by atoms with Gasteiger partial charge in [-0.05, 0) is 65.7 Å². The minimum atomic E-state index is 0.534. The van der Waals surface area contributed by atoms with Gasteiger partial charge in [0.15, 0.2) is 0 Å². The molecule has 0 aliphatic rings. The number of para-hydroxylation sites is 4. The minimum Gasteiger partial charge on any atom is -0.456 e. The molecule has 8 aromatic carbocycles. The second kappa shape index (κ2) is 11.2. The molecule has 0 radical (unpaired) electrons. The SMILES string of the molecule is [C-]#[N+]c1ccc(-c2ccc(C#N)c(-n3c4ccccc4c4cc5c(cc43)oc3ccccc35)c2)cc1-n1c2ccccc2c2cc3c(cc21)oc1ccccc13. The Kier molecular flexibility index (Phi) is 6.10. The Labute approximate surface area is 318 Å². The van der Waals surface area contributed by atoms with Gasteiger partial charge < -0.3 is 18.0 Å². The molecule has 12 rings (SSSR count). The first-order valence-corrected chi connectivity index (χ1v) is 18.4. The van der Waals surface area contributed by atoms with E-state index in [1.807, 2.05) is 72.8 Å². The molecular formula is C50H26N4O2. The van der Waals surface area contributed by atoms with E-state index >= 15 is 0 Å². The summed E-state index contributed by atoms with van der Waals surface area (Å²) >= 11 is 0. The number of aromatic nitrogens is 2. The summed E-state index contributed by atoms with van der Waals surface area (Å²) in [4.78, 5) is 4.02. The molecule has 56 heavy (non-hydrogen) atoms. The lowest BCUT2D eigenvalue weighted by Crippen LogP contribution is -1.99. The fourth-order valence-electron chi connectivity index (χ4n) is 8.86. The third kappa shape index (κ3) is 4.13. The van der Waals surface area contributed by atoms with E-state index in [0.717, 1.165) is 110 Å². The second-order valence-electron chi connectivity index (χ2n) is 14.3. The lowest BCUT2D eigenvalue weighted by Gasteiger charge is -2.15. The standard InChI is InChI=1S/C50H26N4O2/c1-52-40-21-20-30(23-46(40)54-42-15-7-3-11-33(42)37-25-39-35-13-5-9-17-48(35)56-50(39)27-45(37)54)29-18-19-31(28-51)43(22-29)53-41-14-6-2-10-32(41)36-24-38-34-12-4-8-16-47(34)55-49(38)26-44(36)53/h2-27H. The van der Waals surface area contributed by atoms with E-state index < -0.39 is 0 Å². The van der Waals surface area contributed by atoms with E-state index in [2.05, 4.69) is 105 Å². The highest BCUT2D eigenvalue weighted by Crippen LogP contribution is 2.43. The summed E-state index contributed by atoms with van der Waals surface area (Å²) in [7, 11) is 0. The molecule has 0 amide bonds. The van der Waals surface area contributed by atoms with Crippen LogP contribution >= 0.6 is 0 Å². The highest BCUT2D eigenvalue weighted by Gasteiger charge is 2.21. The van der Waals surface area contributed by atoms with Crippen molar-refractivity contribution in [2.45, 2.75) is 0 Å². The van der Waals surface area contributed by atoms with Crippen LogP contribution in [0.25, 0.3) is 115 Å². The first-order chi connectivity index (χ1) is 27.7. The van der Waals surface area contributed by atoms with Gasteiger partial charge in [0.1, 0.15) is 28.4 Å². The molecular weight excluding hydrogens is 689 g/mol. The topological polar surface area (TPSA) is 64.3 Å². The van der Waals surface area contributed by atoms with E-state index in [1.54, 1.807) is 0 Å². The van der Waals surface area contributed by atoms with Crippen LogP contribution in [-0.2, 0) is 0 Å². The third-order valence-electron chi connectivity index (χ3n) is 11.4. The van der Waals surface area contributed by atoms with Crippen LogP contribution < -0.4 is 0 Å². The first kappa shape index (κ1) is 30.4. The Morgan fingerprint density at radius 1 is 0.429 bits per heavy atom. The number of nitrogens with zero attached hydrogens (tertiary/aromatic N) is 4. The maximum Gasteiger partial charge on any atom is 0.210 e. The number of benzene rings is 8. The Morgan fingerprint density at radius 2 is 0.911 bits per heavy atom. The minimum absolute atomic E-state index is 0.534. The van der Waals surface area contributed by atoms with Gasteiger partial charge in [-0.15, -0.1) is 0 Å². The molecule has 4 heterocycles. The van der Waals surface area contributed by atoms with Gasteiger partial charge in [0, 0.05) is 55.2 Å². The zero-order valence-corrected chi connectivity index (χ0v) is 29.6. The summed E-state index contributed by atoms with van der Waals surface area (Å²) in [6.45, 7) is 8.26. The van der Waals surface area contributed by atoms with Crippen molar-refractivity contribution in [3.8, 4) is 28.6 Å². The monoisotopic (exact) mass is 714 g/mol. The summed E-state index contributed by atoms with van der Waals surface area (Å²) < 4.78 is 17.1. The predicted octanol–water partition coefficient (Wildman–Crippen LogP) is 13.8. The maximum atomic E-state index is 10.5. The van der Waals surface area contributed by atoms with Gasteiger partial charge in [-0.1, -0.05) is 91.0 Å². The average Bonchev–Trinajstić information content (AvgIpc) is 3.98. The van der Waals surface area contributed by atoms with Crippen molar-refractivity contribution in [1.82, 2.24) is 9.13 Å². The van der Waals surface area contributed by atoms with Crippen LogP contribution in [0.1, 0.15) is 5.56 Å². The van der Waals surface area contributed by atoms with Crippen LogP contribution in [0.5, 0.6) is 0 Å². The second-order valence-corrected chi connectivity index (χ2v) is 14.3. The Hall–Kier alpha value is -8.06. The highest BCUT2D eigenvalue weighted by molar-refractivity contribution is 6.19. The first-order valence-electron chi connectivity index (χ1n) is 18.4. The van der Waals surface area contributed by atoms with Crippen molar-refractivity contribution in [3.63, 3.8) is 0 Å². The highest BCUT2D eigenvalue weighted by atomic mass is 16.3. The fourth-order valence-corrected chi connectivity index (χ4v) is 8.86. The van der Waals surface area contributed by atoms with Gasteiger partial charge in [0.2, 0.25) is 5.69 Å². The molecule has 4 aromatic heterocycles. The van der Waals surface area contributed by atoms with Crippen molar-refractivity contribution in [2.75, 3.05) is 0 Å². The molecule has 6 heteroatoms. The molecule has 12 aromatic rings. The summed E-state index contributed by atoms with van der Waals surface area (Å²) in [5, 5.41) is 19.2. The molecule has 0 aliphatic carbocycles. The molecule has 0 unspecified atom stereocenters. The molecule has 0 saturated heterocycles. The average molecular weight is 715 g/mol. The van der Waals surface area contributed by atoms with Crippen LogP contribution in [0.3, 0.4) is 0 Å². The molecule has 0 fully saturated rings. The summed E-state index contributed by atoms with van der Waals surface area (Å²) in [5.74, 6) is 0. The summed E-state index contributed by atoms with van der Waals surface area (Å²) in [5.41, 5.74) is 11.7. The Bertz CT molecular complexity index is 3500. The zero-order valence-electron chi connectivity index (χ0n) is 29.6. The van der Waals surface area contributed by atoms with E-state index in [4.69, 9.17) is 15.4 Å². The van der Waals surface area contributed by atoms with Crippen LogP contribution in [-0.4, -0.2) is 9.13 Å². The van der Waals surface area contributed by atoms with Crippen LogP contribution in [0, 0.1) is 17.9 Å². The van der Waals surface area contributed by atoms with Crippen molar-refractivity contribution >= 4 is 93.2 Å². The van der Waals surface area contributed by atoms with Crippen LogP contribution in [0.4, 0.5) is 5.69 Å². The molecule has 258 valence electrons. The Balaban J connectivity index is 1.10. The molecule has 0 saturated carbocycles. The van der Waals surface area contributed by atoms with Crippen LogP contribution in [0.15, 0.2) is 167 Å². The van der Waals surface area contributed by atoms with E-state index in [1.165, 1.54) is 0 Å². The zero-order chi connectivity index (χ0) is 37.1. The smallest absolute Gasteiger partial charge is 0.210 e. The number of nitriles is 1. The van der Waals surface area contributed by atoms with Gasteiger partial charge in [-0.2, -0.15) is 5.26 Å². The number of hydrogen-bond donors (Lipinski definition) is 0. The molecule has 0 N–H and O–H groups in total. The predicted molar refractivity (Wildman–Crippen MR) is 226 cm³/mol. The number of rotatable bonds is 3. The number of furan rings is 2. The quantitative estimate of drug-likeness (QED) is 0.171. The lowest BCUT2D eigenvalue weighted by molar-refractivity contribution is 0.669. The van der Waals surface area contributed by atoms with Gasteiger partial charge in [0.25, 0.3) is 0 Å². The third-order valence-corrected chi connectivity index (χ3v) is 11.4. The Morgan fingerprint density at radius 3 is 1.46 bits per heavy atom. The number of fused-ring (bicyclic) bond motifs is 12. The molecule has 0 spiro atoms. The van der Waals surface area contributed by atoms with Gasteiger partial charge in [0.05, 0.1) is 45.6 Å². The normalized spacial score (nSPS) is 11.9. The maximum absolute atomic E-state index is 10.5. The van der Waals surface area contributed by atoms with Crippen molar-refractivity contribution < 1.29 is 8.83 Å². The molecule has 0 bridgehead atoms. The lowest BCUT2D eigenvalue weighted by atomic mass is 10.0. The van der Waals surface area contributed by atoms with Crippen molar-refractivity contribution in [1.29, 1.82) is 5.26 Å². The van der Waals surface area contributed by atoms with Gasteiger partial charge in [-0.3, -0.25) is 0 Å². The van der Waals surface area contributed by atoms with Crippen molar-refractivity contribution in [2.24, 2.45) is 0 Å². The largest absolute Gasteiger partial charge is 0.456 e. The molecule has 6 nitrogen and oxygen atoms in total. The summed E-state index contributed by atoms with van der Waals surface area (Å²) in [6, 6.07) is 56.0. The van der Waals surface area contributed by atoms with Gasteiger partial charge >= 0.3 is 0 Å². The van der Waals surface area contributed by atoms with Crippen molar-refractivity contribution in [3.05, 3.63) is 175 Å². The van der Waals surface area contributed by atoms with Gasteiger partial charge in [-0.25, -0.2) is 4.85 Å². The van der Waals surface area contributed by atoms with E-state index in [9.17, 15) is 5.26 Å². The fraction of sp³-hybridized carbons (Fsp3) is 0. The van der Waals surface area contributed by atoms with E-state index in [-0.39, 0.29) is 0 Å². The number of hydrogen-bond acceptors (Lipinski definition) is 3. The van der Waals surface area contributed by atoms with E-state index in [0.29, 0.717) is 11.3 Å².